The zero-order valence-corrected chi connectivity index (χ0v) is 19.6. The van der Waals surface area contributed by atoms with Gasteiger partial charge in [-0.3, -0.25) is 19.5 Å². The Morgan fingerprint density at radius 3 is 2.45 bits per heavy atom. The molecule has 1 amide bonds. The van der Waals surface area contributed by atoms with E-state index in [1.165, 1.54) is 24.1 Å². The van der Waals surface area contributed by atoms with E-state index in [1.807, 2.05) is 26.0 Å². The van der Waals surface area contributed by atoms with Gasteiger partial charge in [0.15, 0.2) is 0 Å². The van der Waals surface area contributed by atoms with Gasteiger partial charge in [0, 0.05) is 23.1 Å². The SMILES string of the molecule is COc1c(Cl)cc(Cl)cc1/C(O)=C1\C(=O)C(=O)N(c2cccc(C)c2C)C1c1ccncc1. The van der Waals surface area contributed by atoms with Crippen LogP contribution in [-0.2, 0) is 9.59 Å². The number of Topliss-reactive ketones (excluding diaryl/α,β-unsaturated/α-hetero) is 1. The van der Waals surface area contributed by atoms with Gasteiger partial charge in [-0.25, -0.2) is 0 Å². The first-order valence-corrected chi connectivity index (χ1v) is 10.8. The van der Waals surface area contributed by atoms with E-state index in [0.717, 1.165) is 11.1 Å². The summed E-state index contributed by atoms with van der Waals surface area (Å²) < 4.78 is 5.36. The smallest absolute Gasteiger partial charge is 0.300 e. The summed E-state index contributed by atoms with van der Waals surface area (Å²) in [5.74, 6) is -1.86. The molecule has 4 rings (SSSR count). The molecule has 6 nitrogen and oxygen atoms in total. The van der Waals surface area contributed by atoms with Gasteiger partial charge in [-0.15, -0.1) is 0 Å². The van der Waals surface area contributed by atoms with E-state index in [1.54, 1.807) is 30.6 Å². The maximum absolute atomic E-state index is 13.3. The molecule has 1 unspecified atom stereocenters. The Bertz CT molecular complexity index is 1310. The van der Waals surface area contributed by atoms with Crippen molar-refractivity contribution in [1.29, 1.82) is 0 Å². The Balaban J connectivity index is 2.03. The van der Waals surface area contributed by atoms with Crippen molar-refractivity contribution in [3.63, 3.8) is 0 Å². The molecule has 0 saturated carbocycles. The number of halogens is 2. The minimum Gasteiger partial charge on any atom is -0.507 e. The number of methoxy groups -OCH3 is 1. The number of nitrogens with zero attached hydrogens (tertiary/aromatic N) is 2. The molecule has 3 aromatic rings. The molecule has 1 fully saturated rings. The first-order valence-electron chi connectivity index (χ1n) is 10.1. The molecule has 1 aliphatic rings. The van der Waals surface area contributed by atoms with Crippen molar-refractivity contribution in [3.05, 3.63) is 92.7 Å². The van der Waals surface area contributed by atoms with Gasteiger partial charge in [0.1, 0.15) is 11.5 Å². The van der Waals surface area contributed by atoms with E-state index >= 15 is 0 Å². The van der Waals surface area contributed by atoms with Crippen molar-refractivity contribution < 1.29 is 19.4 Å². The minimum atomic E-state index is -0.893. The summed E-state index contributed by atoms with van der Waals surface area (Å²) >= 11 is 12.4. The van der Waals surface area contributed by atoms with E-state index in [-0.39, 0.29) is 26.9 Å². The van der Waals surface area contributed by atoms with Crippen molar-refractivity contribution in [2.45, 2.75) is 19.9 Å². The maximum atomic E-state index is 13.3. The molecule has 1 aromatic heterocycles. The number of amides is 1. The lowest BCUT2D eigenvalue weighted by molar-refractivity contribution is -0.132. The third-order valence-electron chi connectivity index (χ3n) is 5.77. The fraction of sp³-hybridized carbons (Fsp3) is 0.160. The molecule has 1 atom stereocenters. The van der Waals surface area contributed by atoms with Crippen molar-refractivity contribution >= 4 is 46.3 Å². The number of benzene rings is 2. The molecule has 1 aliphatic heterocycles. The predicted octanol–water partition coefficient (Wildman–Crippen LogP) is 5.64. The van der Waals surface area contributed by atoms with Crippen LogP contribution in [0.4, 0.5) is 5.69 Å². The summed E-state index contributed by atoms with van der Waals surface area (Å²) in [6.45, 7) is 3.81. The second-order valence-corrected chi connectivity index (χ2v) is 8.48. The molecule has 33 heavy (non-hydrogen) atoms. The van der Waals surface area contributed by atoms with Crippen LogP contribution < -0.4 is 9.64 Å². The largest absolute Gasteiger partial charge is 0.507 e. The Morgan fingerprint density at radius 2 is 1.79 bits per heavy atom. The van der Waals surface area contributed by atoms with E-state index in [2.05, 4.69) is 4.98 Å². The summed E-state index contributed by atoms with van der Waals surface area (Å²) in [6.07, 6.45) is 3.13. The Hall–Kier alpha value is -3.35. The monoisotopic (exact) mass is 482 g/mol. The quantitative estimate of drug-likeness (QED) is 0.295. The Labute approximate surface area is 201 Å². The first kappa shape index (κ1) is 22.8. The lowest BCUT2D eigenvalue weighted by Gasteiger charge is -2.27. The van der Waals surface area contributed by atoms with Crippen LogP contribution >= 0.6 is 23.2 Å². The Kier molecular flexibility index (Phi) is 6.15. The number of ketones is 1. The van der Waals surface area contributed by atoms with Crippen LogP contribution in [0.3, 0.4) is 0 Å². The van der Waals surface area contributed by atoms with Gasteiger partial charge in [-0.05, 0) is 60.9 Å². The number of ether oxygens (including phenoxy) is 1. The summed E-state index contributed by atoms with van der Waals surface area (Å²) in [6, 6.07) is 10.9. The van der Waals surface area contributed by atoms with Crippen LogP contribution in [0.25, 0.3) is 5.76 Å². The van der Waals surface area contributed by atoms with Crippen molar-refractivity contribution in [2.75, 3.05) is 12.0 Å². The van der Waals surface area contributed by atoms with E-state index in [0.29, 0.717) is 11.3 Å². The number of carbonyl (C=O) groups excluding carboxylic acids is 2. The molecular weight excluding hydrogens is 463 g/mol. The lowest BCUT2D eigenvalue weighted by Crippen LogP contribution is -2.30. The van der Waals surface area contributed by atoms with Crippen LogP contribution in [0.5, 0.6) is 5.75 Å². The van der Waals surface area contributed by atoms with E-state index in [4.69, 9.17) is 27.9 Å². The summed E-state index contributed by atoms with van der Waals surface area (Å²) in [7, 11) is 1.39. The average Bonchev–Trinajstić information content (AvgIpc) is 3.06. The molecule has 168 valence electrons. The number of aromatic nitrogens is 1. The van der Waals surface area contributed by atoms with Crippen LogP contribution in [0.2, 0.25) is 10.0 Å². The molecule has 0 spiro atoms. The predicted molar refractivity (Wildman–Crippen MR) is 128 cm³/mol. The van der Waals surface area contributed by atoms with Crippen molar-refractivity contribution in [1.82, 2.24) is 4.98 Å². The van der Waals surface area contributed by atoms with Gasteiger partial charge in [-0.2, -0.15) is 0 Å². The molecular formula is C25H20Cl2N2O4. The number of carbonyl (C=O) groups is 2. The zero-order valence-electron chi connectivity index (χ0n) is 18.1. The van der Waals surface area contributed by atoms with Gasteiger partial charge in [0.05, 0.1) is 29.3 Å². The molecule has 2 heterocycles. The number of anilines is 1. The van der Waals surface area contributed by atoms with Crippen LogP contribution in [0, 0.1) is 13.8 Å². The van der Waals surface area contributed by atoms with Gasteiger partial charge in [-0.1, -0.05) is 35.3 Å². The highest BCUT2D eigenvalue weighted by molar-refractivity contribution is 6.52. The van der Waals surface area contributed by atoms with Gasteiger partial charge in [0.2, 0.25) is 0 Å². The number of aryl methyl sites for hydroxylation is 1. The zero-order chi connectivity index (χ0) is 23.9. The second-order valence-electron chi connectivity index (χ2n) is 7.64. The van der Waals surface area contributed by atoms with Gasteiger partial charge in [0.25, 0.3) is 11.7 Å². The summed E-state index contributed by atoms with van der Waals surface area (Å²) in [4.78, 5) is 32.1. The van der Waals surface area contributed by atoms with Crippen LogP contribution in [0.15, 0.2) is 60.4 Å². The number of aliphatic hydroxyl groups is 1. The standard InChI is InChI=1S/C25H20Cl2N2O4/c1-13-5-4-6-19(14(13)2)29-21(15-7-9-28-10-8-15)20(23(31)25(29)32)22(30)17-11-16(26)12-18(27)24(17)33-3/h4-12,21,30H,1-3H3/b22-20+. The number of hydrogen-bond acceptors (Lipinski definition) is 5. The van der Waals surface area contributed by atoms with Crippen molar-refractivity contribution in [2.24, 2.45) is 0 Å². The minimum absolute atomic E-state index is 0.0938. The normalized spacial score (nSPS) is 17.5. The number of hydrogen-bond donors (Lipinski definition) is 1. The van der Waals surface area contributed by atoms with Gasteiger partial charge >= 0.3 is 0 Å². The van der Waals surface area contributed by atoms with E-state index in [9.17, 15) is 14.7 Å². The molecule has 0 aliphatic carbocycles. The third kappa shape index (κ3) is 3.86. The highest BCUT2D eigenvalue weighted by atomic mass is 35.5. The van der Waals surface area contributed by atoms with Crippen molar-refractivity contribution in [3.8, 4) is 5.75 Å². The fourth-order valence-corrected chi connectivity index (χ4v) is 4.60. The topological polar surface area (TPSA) is 79.7 Å². The molecule has 0 bridgehead atoms. The number of pyridine rings is 1. The average molecular weight is 483 g/mol. The first-order chi connectivity index (χ1) is 15.8. The summed E-state index contributed by atoms with van der Waals surface area (Å²) in [5.41, 5.74) is 3.03. The van der Waals surface area contributed by atoms with Crippen LogP contribution in [-0.4, -0.2) is 28.9 Å². The molecule has 1 saturated heterocycles. The fourth-order valence-electron chi connectivity index (χ4n) is 4.03. The summed E-state index contributed by atoms with van der Waals surface area (Å²) in [5, 5.41) is 11.8. The highest BCUT2D eigenvalue weighted by Crippen LogP contribution is 2.45. The molecule has 2 aromatic carbocycles. The molecule has 0 radical (unpaired) electrons. The van der Waals surface area contributed by atoms with Gasteiger partial charge < -0.3 is 9.84 Å². The maximum Gasteiger partial charge on any atom is 0.300 e. The van der Waals surface area contributed by atoms with E-state index < -0.39 is 23.5 Å². The van der Waals surface area contributed by atoms with Crippen LogP contribution in [0.1, 0.15) is 28.3 Å². The molecule has 8 heteroatoms. The second kappa shape index (κ2) is 8.89. The Morgan fingerprint density at radius 1 is 1.09 bits per heavy atom. The highest BCUT2D eigenvalue weighted by Gasteiger charge is 2.47. The number of aliphatic hydroxyl groups excluding tert-OH is 1. The molecule has 1 N–H and O–H groups in total. The lowest BCUT2D eigenvalue weighted by atomic mass is 9.95. The third-order valence-corrected chi connectivity index (χ3v) is 6.27. The number of rotatable bonds is 4.